The number of amides is 2. The number of rotatable bonds is 13. The fourth-order valence-corrected chi connectivity index (χ4v) is 5.08. The average Bonchev–Trinajstić information content (AvgIpc) is 3.10. The summed E-state index contributed by atoms with van der Waals surface area (Å²) in [5.74, 6) is -0.329. The molecule has 1 aromatic heterocycles. The van der Waals surface area contributed by atoms with Gasteiger partial charge < -0.3 is 20.1 Å². The molecular formula is C30H41ClN4O5Si. The average molecular weight is 601 g/mol. The number of para-hydroxylation sites is 1. The van der Waals surface area contributed by atoms with Crippen molar-refractivity contribution in [2.75, 3.05) is 25.3 Å². The highest BCUT2D eigenvalue weighted by Gasteiger charge is 2.26. The van der Waals surface area contributed by atoms with Gasteiger partial charge in [-0.25, -0.2) is 4.68 Å². The van der Waals surface area contributed by atoms with Crippen LogP contribution in [-0.4, -0.2) is 49.2 Å². The van der Waals surface area contributed by atoms with E-state index in [4.69, 9.17) is 21.1 Å². The van der Waals surface area contributed by atoms with Crippen LogP contribution in [0.25, 0.3) is 5.69 Å². The number of ether oxygens (including phenoxy) is 2. The predicted octanol–water partition coefficient (Wildman–Crippen LogP) is 5.61. The van der Waals surface area contributed by atoms with Crippen molar-refractivity contribution in [3.05, 3.63) is 75.2 Å². The number of carbonyl (C=O) groups excluding carboxylic acids is 2. The summed E-state index contributed by atoms with van der Waals surface area (Å²) in [6.07, 6.45) is 0.0796. The Morgan fingerprint density at radius 2 is 1.76 bits per heavy atom. The molecule has 0 atom stereocenters. The summed E-state index contributed by atoms with van der Waals surface area (Å²) in [7, 11) is 0.555. The fourth-order valence-electron chi connectivity index (χ4n) is 4.16. The summed E-state index contributed by atoms with van der Waals surface area (Å²) in [5.41, 5.74) is 0.932. The monoisotopic (exact) mass is 600 g/mol. The lowest BCUT2D eigenvalue weighted by Crippen LogP contribution is -2.37. The van der Waals surface area contributed by atoms with Crippen molar-refractivity contribution >= 4 is 37.2 Å². The van der Waals surface area contributed by atoms with Crippen molar-refractivity contribution in [1.82, 2.24) is 14.7 Å². The maximum atomic E-state index is 13.1. The first-order valence-corrected chi connectivity index (χ1v) is 17.7. The molecule has 0 radical (unpaired) electrons. The van der Waals surface area contributed by atoms with Gasteiger partial charge in [0, 0.05) is 39.7 Å². The molecule has 0 bridgehead atoms. The van der Waals surface area contributed by atoms with E-state index in [0.29, 0.717) is 28.8 Å². The van der Waals surface area contributed by atoms with Crippen LogP contribution in [0, 0.1) is 12.3 Å². The number of halogens is 1. The van der Waals surface area contributed by atoms with E-state index in [0.717, 1.165) is 6.04 Å². The van der Waals surface area contributed by atoms with Gasteiger partial charge in [-0.15, -0.1) is 0 Å². The van der Waals surface area contributed by atoms with Crippen LogP contribution in [0.1, 0.15) is 36.3 Å². The van der Waals surface area contributed by atoms with E-state index in [9.17, 15) is 14.4 Å². The van der Waals surface area contributed by atoms with Gasteiger partial charge in [-0.1, -0.05) is 63.3 Å². The molecule has 11 heteroatoms. The standard InChI is InChI=1S/C30H41ClN4O5Si/c1-21-27(29(38)35(34(21)4)23-11-9-8-10-12-23)33-26(36)18-30(2,3)19-32-28(37)24-17-22(31)13-14-25(24)40-20-39-15-16-41(5,6)7/h8-14,17H,15-16,18-20H2,1-7H3,(H,32,37)(H,33,36). The maximum Gasteiger partial charge on any atom is 0.295 e. The lowest BCUT2D eigenvalue weighted by atomic mass is 9.88. The molecule has 41 heavy (non-hydrogen) atoms. The molecule has 0 aliphatic heterocycles. The first-order valence-electron chi connectivity index (χ1n) is 13.6. The molecule has 2 amide bonds. The van der Waals surface area contributed by atoms with Gasteiger partial charge in [-0.2, -0.15) is 0 Å². The van der Waals surface area contributed by atoms with Gasteiger partial charge in [0.15, 0.2) is 6.79 Å². The Kier molecular flexibility index (Phi) is 10.6. The molecule has 0 saturated heterocycles. The summed E-state index contributed by atoms with van der Waals surface area (Å²) >= 11 is 6.16. The molecular weight excluding hydrogens is 560 g/mol. The van der Waals surface area contributed by atoms with Gasteiger partial charge in [-0.05, 0) is 48.7 Å². The van der Waals surface area contributed by atoms with Crippen molar-refractivity contribution in [1.29, 1.82) is 0 Å². The Morgan fingerprint density at radius 3 is 2.41 bits per heavy atom. The zero-order valence-corrected chi connectivity index (χ0v) is 26.7. The topological polar surface area (TPSA) is 104 Å². The van der Waals surface area contributed by atoms with Crippen LogP contribution in [0.3, 0.4) is 0 Å². The highest BCUT2D eigenvalue weighted by molar-refractivity contribution is 6.76. The van der Waals surface area contributed by atoms with E-state index >= 15 is 0 Å². The molecule has 2 aromatic carbocycles. The number of carbonyl (C=O) groups is 2. The number of anilines is 1. The van der Waals surface area contributed by atoms with E-state index in [-0.39, 0.29) is 48.4 Å². The second-order valence-corrected chi connectivity index (χ2v) is 18.2. The Bertz CT molecular complexity index is 1430. The third-order valence-corrected chi connectivity index (χ3v) is 8.60. The Balaban J connectivity index is 1.61. The number of hydrogen-bond acceptors (Lipinski definition) is 5. The summed E-state index contributed by atoms with van der Waals surface area (Å²) in [6.45, 7) is 13.2. The summed E-state index contributed by atoms with van der Waals surface area (Å²) in [5, 5.41) is 6.08. The van der Waals surface area contributed by atoms with Gasteiger partial charge in [-0.3, -0.25) is 19.1 Å². The molecule has 0 fully saturated rings. The van der Waals surface area contributed by atoms with Gasteiger partial charge >= 0.3 is 0 Å². The van der Waals surface area contributed by atoms with E-state index in [2.05, 4.69) is 30.3 Å². The molecule has 2 N–H and O–H groups in total. The second kappa shape index (κ2) is 13.5. The first-order chi connectivity index (χ1) is 19.2. The van der Waals surface area contributed by atoms with Crippen molar-refractivity contribution in [2.45, 2.75) is 52.9 Å². The number of benzene rings is 2. The third-order valence-electron chi connectivity index (χ3n) is 6.67. The zero-order valence-electron chi connectivity index (χ0n) is 25.0. The SMILES string of the molecule is Cc1c(NC(=O)CC(C)(C)CNC(=O)c2cc(Cl)ccc2OCOCC[Si](C)(C)C)c(=O)n(-c2ccccc2)n1C. The lowest BCUT2D eigenvalue weighted by molar-refractivity contribution is -0.118. The molecule has 222 valence electrons. The van der Waals surface area contributed by atoms with Crippen LogP contribution in [0.4, 0.5) is 5.69 Å². The van der Waals surface area contributed by atoms with Crippen LogP contribution in [0.2, 0.25) is 30.7 Å². The van der Waals surface area contributed by atoms with Crippen molar-refractivity contribution in [3.63, 3.8) is 0 Å². The second-order valence-electron chi connectivity index (χ2n) is 12.1. The Morgan fingerprint density at radius 1 is 1.07 bits per heavy atom. The van der Waals surface area contributed by atoms with E-state index in [1.165, 1.54) is 4.68 Å². The molecule has 9 nitrogen and oxygen atoms in total. The minimum atomic E-state index is -1.22. The van der Waals surface area contributed by atoms with Crippen LogP contribution in [0.15, 0.2) is 53.3 Å². The van der Waals surface area contributed by atoms with Gasteiger partial charge in [0.25, 0.3) is 11.5 Å². The zero-order chi connectivity index (χ0) is 30.4. The summed E-state index contributed by atoms with van der Waals surface area (Å²) in [4.78, 5) is 39.2. The molecule has 0 unspecified atom stereocenters. The molecule has 3 rings (SSSR count). The van der Waals surface area contributed by atoms with E-state index < -0.39 is 13.5 Å². The van der Waals surface area contributed by atoms with E-state index in [1.807, 2.05) is 44.2 Å². The van der Waals surface area contributed by atoms with Crippen LogP contribution in [-0.2, 0) is 16.6 Å². The van der Waals surface area contributed by atoms with Crippen LogP contribution < -0.4 is 20.9 Å². The summed E-state index contributed by atoms with van der Waals surface area (Å²) < 4.78 is 14.6. The predicted molar refractivity (Wildman–Crippen MR) is 166 cm³/mol. The quantitative estimate of drug-likeness (QED) is 0.151. The normalized spacial score (nSPS) is 11.8. The number of aromatic nitrogens is 2. The first kappa shape index (κ1) is 32.2. The summed E-state index contributed by atoms with van der Waals surface area (Å²) in [6, 6.07) is 15.1. The Hall–Kier alpha value is -3.34. The number of nitrogens with zero attached hydrogens (tertiary/aromatic N) is 2. The van der Waals surface area contributed by atoms with Crippen molar-refractivity contribution in [3.8, 4) is 11.4 Å². The van der Waals surface area contributed by atoms with E-state index in [1.54, 1.807) is 36.9 Å². The van der Waals surface area contributed by atoms with Crippen LogP contribution >= 0.6 is 11.6 Å². The lowest BCUT2D eigenvalue weighted by Gasteiger charge is -2.24. The minimum absolute atomic E-state index is 0.0307. The molecule has 0 aliphatic carbocycles. The van der Waals surface area contributed by atoms with Crippen molar-refractivity contribution in [2.24, 2.45) is 12.5 Å². The van der Waals surface area contributed by atoms with Crippen LogP contribution in [0.5, 0.6) is 5.75 Å². The number of hydrogen-bond donors (Lipinski definition) is 2. The highest BCUT2D eigenvalue weighted by atomic mass is 35.5. The van der Waals surface area contributed by atoms with Gasteiger partial charge in [0.1, 0.15) is 11.4 Å². The number of nitrogens with one attached hydrogen (secondary N) is 2. The molecule has 1 heterocycles. The molecule has 0 aliphatic rings. The van der Waals surface area contributed by atoms with Gasteiger partial charge in [0.05, 0.1) is 16.9 Å². The third kappa shape index (κ3) is 9.07. The fraction of sp³-hybridized carbons (Fsp3) is 0.433. The largest absolute Gasteiger partial charge is 0.467 e. The molecule has 0 spiro atoms. The highest BCUT2D eigenvalue weighted by Crippen LogP contribution is 2.25. The molecule has 3 aromatic rings. The Labute approximate surface area is 247 Å². The van der Waals surface area contributed by atoms with Gasteiger partial charge in [0.2, 0.25) is 5.91 Å². The minimum Gasteiger partial charge on any atom is -0.467 e. The van der Waals surface area contributed by atoms with Crippen molar-refractivity contribution < 1.29 is 19.1 Å². The molecule has 0 saturated carbocycles. The smallest absolute Gasteiger partial charge is 0.295 e. The maximum absolute atomic E-state index is 13.1.